The van der Waals surface area contributed by atoms with Gasteiger partial charge in [0.1, 0.15) is 0 Å². The van der Waals surface area contributed by atoms with Gasteiger partial charge in [0.05, 0.1) is 6.10 Å². The van der Waals surface area contributed by atoms with Gasteiger partial charge in [-0.05, 0) is 36.5 Å². The number of methoxy groups -OCH3 is 1. The van der Waals surface area contributed by atoms with Gasteiger partial charge in [-0.1, -0.05) is 12.1 Å². The standard InChI is InChI=1S/C17H27N3O/c1-19-8-3-4-13-10-14(5-6-16(13)19)17(11-18)20-9-7-15(12-20)21-2/h5-6,10,15,17H,3-4,7-9,11-12,18H2,1-2H3. The van der Waals surface area contributed by atoms with Crippen LogP contribution in [0.15, 0.2) is 18.2 Å². The number of nitrogens with zero attached hydrogens (tertiary/aromatic N) is 2. The largest absolute Gasteiger partial charge is 0.380 e. The maximum atomic E-state index is 6.08. The van der Waals surface area contributed by atoms with Crippen molar-refractivity contribution in [1.29, 1.82) is 0 Å². The molecule has 1 aromatic carbocycles. The number of hydrogen-bond donors (Lipinski definition) is 1. The van der Waals surface area contributed by atoms with Gasteiger partial charge in [0.25, 0.3) is 0 Å². The van der Waals surface area contributed by atoms with Crippen molar-refractivity contribution in [3.63, 3.8) is 0 Å². The summed E-state index contributed by atoms with van der Waals surface area (Å²) in [4.78, 5) is 4.83. The summed E-state index contributed by atoms with van der Waals surface area (Å²) < 4.78 is 5.49. The van der Waals surface area contributed by atoms with E-state index in [2.05, 4.69) is 35.0 Å². The van der Waals surface area contributed by atoms with Crippen LogP contribution in [0, 0.1) is 0 Å². The average molecular weight is 289 g/mol. The summed E-state index contributed by atoms with van der Waals surface area (Å²) in [5.74, 6) is 0. The van der Waals surface area contributed by atoms with Crippen molar-refractivity contribution in [2.45, 2.75) is 31.4 Å². The summed E-state index contributed by atoms with van der Waals surface area (Å²) >= 11 is 0. The van der Waals surface area contributed by atoms with Crippen molar-refractivity contribution in [1.82, 2.24) is 4.90 Å². The summed E-state index contributed by atoms with van der Waals surface area (Å²) in [5, 5.41) is 0. The zero-order valence-electron chi connectivity index (χ0n) is 13.2. The van der Waals surface area contributed by atoms with Gasteiger partial charge in [-0.2, -0.15) is 0 Å². The molecule has 1 fully saturated rings. The van der Waals surface area contributed by atoms with Crippen LogP contribution in [0.4, 0.5) is 5.69 Å². The van der Waals surface area contributed by atoms with E-state index in [0.717, 1.165) is 26.1 Å². The van der Waals surface area contributed by atoms with E-state index in [4.69, 9.17) is 10.5 Å². The highest BCUT2D eigenvalue weighted by Crippen LogP contribution is 2.31. The molecule has 2 aliphatic rings. The lowest BCUT2D eigenvalue weighted by Crippen LogP contribution is -2.33. The van der Waals surface area contributed by atoms with E-state index in [1.54, 1.807) is 7.11 Å². The van der Waals surface area contributed by atoms with Crippen LogP contribution in [0.5, 0.6) is 0 Å². The van der Waals surface area contributed by atoms with E-state index >= 15 is 0 Å². The Morgan fingerprint density at radius 1 is 1.38 bits per heavy atom. The van der Waals surface area contributed by atoms with Gasteiger partial charge >= 0.3 is 0 Å². The molecule has 0 bridgehead atoms. The van der Waals surface area contributed by atoms with Gasteiger partial charge in [0.2, 0.25) is 0 Å². The number of aryl methyl sites for hydroxylation is 1. The number of rotatable bonds is 4. The molecular weight excluding hydrogens is 262 g/mol. The van der Waals surface area contributed by atoms with Crippen molar-refractivity contribution < 1.29 is 4.74 Å². The molecule has 0 aliphatic carbocycles. The van der Waals surface area contributed by atoms with Gasteiger partial charge in [-0.3, -0.25) is 4.90 Å². The first-order valence-electron chi connectivity index (χ1n) is 8.03. The first-order valence-corrected chi connectivity index (χ1v) is 8.03. The van der Waals surface area contributed by atoms with E-state index in [-0.39, 0.29) is 0 Å². The Morgan fingerprint density at radius 2 is 2.24 bits per heavy atom. The lowest BCUT2D eigenvalue weighted by atomic mass is 9.96. The first-order chi connectivity index (χ1) is 10.2. The zero-order chi connectivity index (χ0) is 14.8. The van der Waals surface area contributed by atoms with Crippen molar-refractivity contribution >= 4 is 5.69 Å². The van der Waals surface area contributed by atoms with Gasteiger partial charge in [0.15, 0.2) is 0 Å². The highest BCUT2D eigenvalue weighted by Gasteiger charge is 2.29. The molecule has 0 spiro atoms. The second-order valence-corrected chi connectivity index (χ2v) is 6.31. The predicted octanol–water partition coefficient (Wildman–Crippen LogP) is 1.79. The molecule has 116 valence electrons. The highest BCUT2D eigenvalue weighted by molar-refractivity contribution is 5.56. The van der Waals surface area contributed by atoms with Crippen LogP contribution in [0.1, 0.15) is 30.0 Å². The van der Waals surface area contributed by atoms with Crippen LogP contribution < -0.4 is 10.6 Å². The minimum absolute atomic E-state index is 0.322. The molecule has 4 nitrogen and oxygen atoms in total. The van der Waals surface area contributed by atoms with Gasteiger partial charge in [-0.15, -0.1) is 0 Å². The molecule has 2 aliphatic heterocycles. The summed E-state index contributed by atoms with van der Waals surface area (Å²) in [5.41, 5.74) is 10.3. The van der Waals surface area contributed by atoms with Crippen molar-refractivity contribution in [3.05, 3.63) is 29.3 Å². The molecule has 2 atom stereocenters. The molecule has 0 radical (unpaired) electrons. The molecule has 2 N–H and O–H groups in total. The Bertz CT molecular complexity index is 491. The van der Waals surface area contributed by atoms with E-state index in [1.165, 1.54) is 29.7 Å². The minimum atomic E-state index is 0.322. The third kappa shape index (κ3) is 2.93. The fraction of sp³-hybridized carbons (Fsp3) is 0.647. The number of benzene rings is 1. The zero-order valence-corrected chi connectivity index (χ0v) is 13.2. The Balaban J connectivity index is 1.81. The number of hydrogen-bond acceptors (Lipinski definition) is 4. The summed E-state index contributed by atoms with van der Waals surface area (Å²) in [6.07, 6.45) is 3.91. The average Bonchev–Trinajstić information content (AvgIpc) is 2.97. The molecule has 0 saturated carbocycles. The smallest absolute Gasteiger partial charge is 0.0710 e. The van der Waals surface area contributed by atoms with Crippen molar-refractivity contribution in [2.24, 2.45) is 5.73 Å². The summed E-state index contributed by atoms with van der Waals surface area (Å²) in [6.45, 7) is 3.91. The molecular formula is C17H27N3O. The van der Waals surface area contributed by atoms with E-state index in [9.17, 15) is 0 Å². The highest BCUT2D eigenvalue weighted by atomic mass is 16.5. The van der Waals surface area contributed by atoms with E-state index in [0.29, 0.717) is 18.7 Å². The Hall–Kier alpha value is -1.10. The lowest BCUT2D eigenvalue weighted by molar-refractivity contribution is 0.101. The van der Waals surface area contributed by atoms with Crippen LogP contribution >= 0.6 is 0 Å². The SMILES string of the molecule is COC1CCN(C(CN)c2ccc3c(c2)CCCN3C)C1. The quantitative estimate of drug-likeness (QED) is 0.917. The second-order valence-electron chi connectivity index (χ2n) is 6.31. The topological polar surface area (TPSA) is 41.7 Å². The number of fused-ring (bicyclic) bond motifs is 1. The summed E-state index contributed by atoms with van der Waals surface area (Å²) in [7, 11) is 3.99. The Kier molecular flexibility index (Phi) is 4.48. The number of anilines is 1. The van der Waals surface area contributed by atoms with Crippen LogP contribution in [0.2, 0.25) is 0 Å². The fourth-order valence-electron chi connectivity index (χ4n) is 3.74. The van der Waals surface area contributed by atoms with Crippen molar-refractivity contribution in [3.8, 4) is 0 Å². The van der Waals surface area contributed by atoms with Crippen LogP contribution in [-0.4, -0.2) is 51.3 Å². The van der Waals surface area contributed by atoms with Gasteiger partial charge < -0.3 is 15.4 Å². The predicted molar refractivity (Wildman–Crippen MR) is 86.8 cm³/mol. The Labute approximate surface area is 127 Å². The fourth-order valence-corrected chi connectivity index (χ4v) is 3.74. The van der Waals surface area contributed by atoms with Gasteiger partial charge in [-0.25, -0.2) is 0 Å². The summed E-state index contributed by atoms with van der Waals surface area (Å²) in [6, 6.07) is 7.24. The molecule has 3 rings (SSSR count). The van der Waals surface area contributed by atoms with E-state index < -0.39 is 0 Å². The molecule has 2 heterocycles. The lowest BCUT2D eigenvalue weighted by Gasteiger charge is -2.31. The number of nitrogens with two attached hydrogens (primary N) is 1. The minimum Gasteiger partial charge on any atom is -0.380 e. The van der Waals surface area contributed by atoms with Crippen molar-refractivity contribution in [2.75, 3.05) is 45.2 Å². The van der Waals surface area contributed by atoms with Crippen LogP contribution in [0.25, 0.3) is 0 Å². The monoisotopic (exact) mass is 289 g/mol. The Morgan fingerprint density at radius 3 is 2.95 bits per heavy atom. The normalized spacial score (nSPS) is 24.1. The molecule has 2 unspecified atom stereocenters. The number of ether oxygens (including phenoxy) is 1. The van der Waals surface area contributed by atoms with Crippen LogP contribution in [0.3, 0.4) is 0 Å². The first kappa shape index (κ1) is 14.8. The molecule has 0 amide bonds. The number of likely N-dealkylation sites (tertiary alicyclic amines) is 1. The molecule has 21 heavy (non-hydrogen) atoms. The molecule has 1 aromatic rings. The van der Waals surface area contributed by atoms with Gasteiger partial charge in [0, 0.05) is 52.1 Å². The maximum Gasteiger partial charge on any atom is 0.0710 e. The molecule has 4 heteroatoms. The molecule has 0 aromatic heterocycles. The third-order valence-electron chi connectivity index (χ3n) is 5.01. The van der Waals surface area contributed by atoms with E-state index in [1.807, 2.05) is 0 Å². The maximum absolute atomic E-state index is 6.08. The molecule has 1 saturated heterocycles. The second kappa shape index (κ2) is 6.34. The van der Waals surface area contributed by atoms with Crippen LogP contribution in [-0.2, 0) is 11.2 Å². The third-order valence-corrected chi connectivity index (χ3v) is 5.01.